The molecular formula is C19H10Br2N2O3S. The second-order valence-corrected chi connectivity index (χ2v) is 8.18. The van der Waals surface area contributed by atoms with Gasteiger partial charge in [-0.2, -0.15) is 5.26 Å². The maximum atomic E-state index is 9.83. The summed E-state index contributed by atoms with van der Waals surface area (Å²) in [6, 6.07) is 11.3. The van der Waals surface area contributed by atoms with Crippen molar-refractivity contribution in [3.8, 4) is 34.6 Å². The molecule has 1 aromatic heterocycles. The van der Waals surface area contributed by atoms with Crippen molar-refractivity contribution >= 4 is 54.8 Å². The molecule has 5 nitrogen and oxygen atoms in total. The Labute approximate surface area is 175 Å². The lowest BCUT2D eigenvalue weighted by atomic mass is 10.1. The molecule has 0 aliphatic carbocycles. The number of nitrogens with zero attached hydrogens (tertiary/aromatic N) is 2. The van der Waals surface area contributed by atoms with Crippen LogP contribution in [0.4, 0.5) is 0 Å². The first-order valence-corrected chi connectivity index (χ1v) is 10.2. The predicted molar refractivity (Wildman–Crippen MR) is 111 cm³/mol. The van der Waals surface area contributed by atoms with Crippen molar-refractivity contribution in [2.45, 2.75) is 0 Å². The van der Waals surface area contributed by atoms with Crippen LogP contribution in [0, 0.1) is 11.3 Å². The summed E-state index contributed by atoms with van der Waals surface area (Å²) >= 11 is 7.99. The maximum absolute atomic E-state index is 9.83. The Hall–Kier alpha value is -2.34. The van der Waals surface area contributed by atoms with Crippen LogP contribution in [0.2, 0.25) is 0 Å². The van der Waals surface area contributed by atoms with Crippen molar-refractivity contribution in [3.63, 3.8) is 0 Å². The number of rotatable bonds is 3. The molecule has 0 fully saturated rings. The van der Waals surface area contributed by atoms with Crippen LogP contribution in [0.5, 0.6) is 17.2 Å². The van der Waals surface area contributed by atoms with Crippen LogP contribution < -0.4 is 9.47 Å². The lowest BCUT2D eigenvalue weighted by molar-refractivity contribution is 0.174. The van der Waals surface area contributed by atoms with E-state index in [4.69, 9.17) is 9.47 Å². The largest absolute Gasteiger partial charge is 0.506 e. The van der Waals surface area contributed by atoms with Crippen LogP contribution in [-0.4, -0.2) is 16.9 Å². The summed E-state index contributed by atoms with van der Waals surface area (Å²) in [4.78, 5) is 4.59. The van der Waals surface area contributed by atoms with Crippen LogP contribution in [0.25, 0.3) is 22.9 Å². The third-order valence-corrected chi connectivity index (χ3v) is 5.96. The van der Waals surface area contributed by atoms with Gasteiger partial charge in [0.05, 0.1) is 20.2 Å². The van der Waals surface area contributed by atoms with Gasteiger partial charge in [-0.1, -0.05) is 0 Å². The lowest BCUT2D eigenvalue weighted by Crippen LogP contribution is -1.92. The zero-order chi connectivity index (χ0) is 19.0. The summed E-state index contributed by atoms with van der Waals surface area (Å²) < 4.78 is 11.8. The van der Waals surface area contributed by atoms with Crippen molar-refractivity contribution in [1.29, 1.82) is 5.26 Å². The second kappa shape index (κ2) is 7.35. The number of phenols is 1. The van der Waals surface area contributed by atoms with Crippen LogP contribution in [-0.2, 0) is 0 Å². The fourth-order valence-electron chi connectivity index (χ4n) is 2.56. The van der Waals surface area contributed by atoms with E-state index in [-0.39, 0.29) is 12.5 Å². The maximum Gasteiger partial charge on any atom is 0.231 e. The standard InChI is InChI=1S/C19H10Br2N2O3S/c20-13-4-10(5-14(21)18(13)24)3-12(7-22)19-23-15(8-27-19)11-1-2-16-17(6-11)26-9-25-16/h1-6,8,24H,9H2/b12-3+. The number of nitriles is 1. The highest BCUT2D eigenvalue weighted by Crippen LogP contribution is 2.37. The molecule has 0 atom stereocenters. The minimum atomic E-state index is 0.116. The van der Waals surface area contributed by atoms with Gasteiger partial charge in [-0.3, -0.25) is 0 Å². The fraction of sp³-hybridized carbons (Fsp3) is 0.0526. The van der Waals surface area contributed by atoms with Gasteiger partial charge in [-0.25, -0.2) is 4.98 Å². The summed E-state index contributed by atoms with van der Waals surface area (Å²) in [5.41, 5.74) is 2.87. The monoisotopic (exact) mass is 504 g/mol. The van der Waals surface area contributed by atoms with Gasteiger partial charge >= 0.3 is 0 Å². The van der Waals surface area contributed by atoms with Gasteiger partial charge in [-0.05, 0) is 73.8 Å². The van der Waals surface area contributed by atoms with Crippen molar-refractivity contribution in [2.24, 2.45) is 0 Å². The third kappa shape index (κ3) is 3.58. The van der Waals surface area contributed by atoms with Crippen LogP contribution >= 0.6 is 43.2 Å². The van der Waals surface area contributed by atoms with E-state index in [1.165, 1.54) is 11.3 Å². The fourth-order valence-corrected chi connectivity index (χ4v) is 4.58. The number of aromatic hydroxyl groups is 1. The van der Waals surface area contributed by atoms with Gasteiger partial charge < -0.3 is 14.6 Å². The first kappa shape index (κ1) is 18.0. The number of fused-ring (bicyclic) bond motifs is 1. The average molecular weight is 506 g/mol. The number of halogens is 2. The van der Waals surface area contributed by atoms with Crippen LogP contribution in [0.15, 0.2) is 44.7 Å². The molecule has 134 valence electrons. The molecule has 8 heteroatoms. The van der Waals surface area contributed by atoms with E-state index in [1.54, 1.807) is 18.2 Å². The molecule has 0 unspecified atom stereocenters. The quantitative estimate of drug-likeness (QED) is 0.453. The van der Waals surface area contributed by atoms with E-state index >= 15 is 0 Å². The molecule has 1 aliphatic rings. The van der Waals surface area contributed by atoms with Crippen molar-refractivity contribution < 1.29 is 14.6 Å². The highest BCUT2D eigenvalue weighted by molar-refractivity contribution is 9.11. The van der Waals surface area contributed by atoms with E-state index in [2.05, 4.69) is 42.9 Å². The number of phenolic OH excluding ortho intramolecular Hbond substituents is 1. The molecule has 0 bridgehead atoms. The van der Waals surface area contributed by atoms with Crippen LogP contribution in [0.1, 0.15) is 10.6 Å². The minimum absolute atomic E-state index is 0.116. The van der Waals surface area contributed by atoms with Crippen molar-refractivity contribution in [2.75, 3.05) is 6.79 Å². The Morgan fingerprint density at radius 1 is 1.19 bits per heavy atom. The summed E-state index contributed by atoms with van der Waals surface area (Å²) in [6.07, 6.45) is 1.73. The number of aromatic nitrogens is 1. The summed E-state index contributed by atoms with van der Waals surface area (Å²) in [5.74, 6) is 1.53. The molecule has 0 saturated carbocycles. The molecular weight excluding hydrogens is 496 g/mol. The number of hydrogen-bond acceptors (Lipinski definition) is 6. The predicted octanol–water partition coefficient (Wildman–Crippen LogP) is 5.83. The molecule has 1 N–H and O–H groups in total. The molecule has 1 aliphatic heterocycles. The van der Waals surface area contributed by atoms with Crippen LogP contribution in [0.3, 0.4) is 0 Å². The average Bonchev–Trinajstić information content (AvgIpc) is 3.32. The number of hydrogen-bond donors (Lipinski definition) is 1. The smallest absolute Gasteiger partial charge is 0.231 e. The highest BCUT2D eigenvalue weighted by Gasteiger charge is 2.16. The summed E-state index contributed by atoms with van der Waals surface area (Å²) in [5, 5.41) is 21.9. The third-order valence-electron chi connectivity index (χ3n) is 3.87. The first-order valence-electron chi connectivity index (χ1n) is 7.71. The normalized spacial score (nSPS) is 12.9. The van der Waals surface area contributed by atoms with Crippen molar-refractivity contribution in [1.82, 2.24) is 4.98 Å². The Morgan fingerprint density at radius 2 is 1.93 bits per heavy atom. The Morgan fingerprint density at radius 3 is 2.67 bits per heavy atom. The molecule has 4 rings (SSSR count). The Kier molecular flexibility index (Phi) is 4.91. The van der Waals surface area contributed by atoms with Gasteiger partial charge in [-0.15, -0.1) is 11.3 Å². The molecule has 0 spiro atoms. The zero-order valence-electron chi connectivity index (χ0n) is 13.6. The van der Waals surface area contributed by atoms with Gasteiger partial charge in [0.15, 0.2) is 11.5 Å². The SMILES string of the molecule is N#C/C(=C\c1cc(Br)c(O)c(Br)c1)c1nc(-c2ccc3c(c2)OCO3)cs1. The Balaban J connectivity index is 1.68. The summed E-state index contributed by atoms with van der Waals surface area (Å²) in [6.45, 7) is 0.222. The molecule has 2 aromatic carbocycles. The number of ether oxygens (including phenoxy) is 2. The van der Waals surface area contributed by atoms with E-state index < -0.39 is 0 Å². The van der Waals surface area contributed by atoms with Crippen molar-refractivity contribution in [3.05, 3.63) is 55.2 Å². The number of benzene rings is 2. The number of thiazole rings is 1. The molecule has 27 heavy (non-hydrogen) atoms. The lowest BCUT2D eigenvalue weighted by Gasteiger charge is -2.03. The van der Waals surface area contributed by atoms with Gasteiger partial charge in [0.2, 0.25) is 6.79 Å². The van der Waals surface area contributed by atoms with E-state index in [9.17, 15) is 10.4 Å². The van der Waals surface area contributed by atoms with E-state index in [0.29, 0.717) is 25.3 Å². The van der Waals surface area contributed by atoms with E-state index in [0.717, 1.165) is 22.6 Å². The Bertz CT molecular complexity index is 1100. The van der Waals surface area contributed by atoms with Gasteiger partial charge in [0.25, 0.3) is 0 Å². The highest BCUT2D eigenvalue weighted by atomic mass is 79.9. The molecule has 0 saturated heterocycles. The van der Waals surface area contributed by atoms with Gasteiger partial charge in [0.1, 0.15) is 16.8 Å². The topological polar surface area (TPSA) is 75.4 Å². The van der Waals surface area contributed by atoms with E-state index in [1.807, 2.05) is 23.6 Å². The number of allylic oxidation sites excluding steroid dienone is 1. The first-order chi connectivity index (χ1) is 13.0. The zero-order valence-corrected chi connectivity index (χ0v) is 17.6. The molecule has 0 radical (unpaired) electrons. The van der Waals surface area contributed by atoms with Gasteiger partial charge in [0, 0.05) is 10.9 Å². The second-order valence-electron chi connectivity index (χ2n) is 5.61. The molecule has 3 aromatic rings. The molecule has 0 amide bonds. The minimum Gasteiger partial charge on any atom is -0.506 e. The summed E-state index contributed by atoms with van der Waals surface area (Å²) in [7, 11) is 0. The molecule has 2 heterocycles.